The highest BCUT2D eigenvalue weighted by atomic mass is 35.5. The molecule has 1 aromatic heterocycles. The van der Waals surface area contributed by atoms with Crippen LogP contribution in [0, 0.1) is 0 Å². The van der Waals surface area contributed by atoms with Gasteiger partial charge in [-0.3, -0.25) is 9.78 Å². The van der Waals surface area contributed by atoms with E-state index < -0.39 is 0 Å². The Labute approximate surface area is 157 Å². The van der Waals surface area contributed by atoms with E-state index in [1.807, 2.05) is 60.7 Å². The largest absolute Gasteiger partial charge is 0.326 e. The predicted octanol–water partition coefficient (Wildman–Crippen LogP) is 4.51. The summed E-state index contributed by atoms with van der Waals surface area (Å²) in [5, 5.41) is 3.50. The van der Waals surface area contributed by atoms with Crippen LogP contribution in [-0.2, 0) is 11.3 Å². The molecule has 0 fully saturated rings. The molecule has 0 spiro atoms. The molecule has 0 atom stereocenters. The van der Waals surface area contributed by atoms with E-state index in [0.717, 1.165) is 22.4 Å². The molecule has 3 rings (SSSR count). The number of carbonyl (C=O) groups excluding carboxylic acids is 1. The Morgan fingerprint density at radius 3 is 2.31 bits per heavy atom. The predicted molar refractivity (Wildman–Crippen MR) is 107 cm³/mol. The van der Waals surface area contributed by atoms with Crippen LogP contribution in [0.15, 0.2) is 72.9 Å². The van der Waals surface area contributed by atoms with Gasteiger partial charge in [-0.15, -0.1) is 0 Å². The topological polar surface area (TPSA) is 68.0 Å². The molecule has 0 unspecified atom stereocenters. The summed E-state index contributed by atoms with van der Waals surface area (Å²) in [6.07, 6.45) is 4.91. The van der Waals surface area contributed by atoms with Crippen molar-refractivity contribution < 1.29 is 4.79 Å². The summed E-state index contributed by atoms with van der Waals surface area (Å²) in [6, 6.07) is 18.8. The fourth-order valence-corrected chi connectivity index (χ4v) is 2.51. The number of anilines is 1. The lowest BCUT2D eigenvalue weighted by Gasteiger charge is -2.03. The average molecular weight is 364 g/mol. The number of aromatic nitrogens is 1. The molecule has 1 heterocycles. The van der Waals surface area contributed by atoms with E-state index in [-0.39, 0.29) is 5.91 Å². The van der Waals surface area contributed by atoms with Gasteiger partial charge in [0.25, 0.3) is 0 Å². The van der Waals surface area contributed by atoms with Gasteiger partial charge in [0.2, 0.25) is 5.91 Å². The highest BCUT2D eigenvalue weighted by molar-refractivity contribution is 6.30. The van der Waals surface area contributed by atoms with E-state index in [0.29, 0.717) is 17.3 Å². The number of nitrogens with zero attached hydrogens (tertiary/aromatic N) is 1. The van der Waals surface area contributed by atoms with Crippen molar-refractivity contribution in [3.63, 3.8) is 0 Å². The first-order valence-corrected chi connectivity index (χ1v) is 8.52. The number of hydrogen-bond acceptors (Lipinski definition) is 3. The van der Waals surface area contributed by atoms with Crippen molar-refractivity contribution in [2.45, 2.75) is 6.54 Å². The molecule has 4 nitrogen and oxygen atoms in total. The van der Waals surface area contributed by atoms with Crippen LogP contribution in [0.2, 0.25) is 5.02 Å². The number of pyridine rings is 1. The normalized spacial score (nSPS) is 10.8. The molecule has 0 aliphatic carbocycles. The van der Waals surface area contributed by atoms with E-state index in [9.17, 15) is 4.79 Å². The van der Waals surface area contributed by atoms with Gasteiger partial charge in [0.05, 0.1) is 5.69 Å². The molecule has 0 aliphatic rings. The molecule has 0 bridgehead atoms. The number of benzene rings is 2. The van der Waals surface area contributed by atoms with Crippen LogP contribution in [0.4, 0.5) is 5.69 Å². The molecule has 3 N–H and O–H groups in total. The molecule has 0 saturated heterocycles. The SMILES string of the molecule is NCc1ccc(NC(=O)/C=C/c2ccc(-c3ccc(Cl)cc3)cn2)cc1. The highest BCUT2D eigenvalue weighted by Gasteiger charge is 2.00. The van der Waals surface area contributed by atoms with Crippen LogP contribution in [0.3, 0.4) is 0 Å². The first kappa shape index (κ1) is 17.9. The number of carbonyl (C=O) groups is 1. The number of rotatable bonds is 5. The third kappa shape index (κ3) is 4.79. The van der Waals surface area contributed by atoms with Gasteiger partial charge in [-0.05, 0) is 47.5 Å². The van der Waals surface area contributed by atoms with E-state index in [1.54, 1.807) is 12.3 Å². The van der Waals surface area contributed by atoms with Gasteiger partial charge >= 0.3 is 0 Å². The minimum absolute atomic E-state index is 0.214. The minimum atomic E-state index is -0.214. The van der Waals surface area contributed by atoms with Crippen LogP contribution in [0.5, 0.6) is 0 Å². The van der Waals surface area contributed by atoms with Gasteiger partial charge in [-0.25, -0.2) is 0 Å². The lowest BCUT2D eigenvalue weighted by atomic mass is 10.1. The van der Waals surface area contributed by atoms with E-state index in [2.05, 4.69) is 10.3 Å². The fourth-order valence-electron chi connectivity index (χ4n) is 2.39. The van der Waals surface area contributed by atoms with Crippen molar-refractivity contribution in [3.8, 4) is 11.1 Å². The summed E-state index contributed by atoms with van der Waals surface area (Å²) in [7, 11) is 0. The number of amides is 1. The Bertz CT molecular complexity index is 901. The smallest absolute Gasteiger partial charge is 0.248 e. The summed E-state index contributed by atoms with van der Waals surface area (Å²) in [5.41, 5.74) is 10.0. The second-order valence-electron chi connectivity index (χ2n) is 5.70. The monoisotopic (exact) mass is 363 g/mol. The molecule has 26 heavy (non-hydrogen) atoms. The minimum Gasteiger partial charge on any atom is -0.326 e. The summed E-state index contributed by atoms with van der Waals surface area (Å²) in [5.74, 6) is -0.214. The summed E-state index contributed by atoms with van der Waals surface area (Å²) in [6.45, 7) is 0.478. The molecular formula is C21H18ClN3O. The van der Waals surface area contributed by atoms with Crippen LogP contribution in [0.1, 0.15) is 11.3 Å². The van der Waals surface area contributed by atoms with Crippen LogP contribution in [0.25, 0.3) is 17.2 Å². The zero-order chi connectivity index (χ0) is 18.4. The van der Waals surface area contributed by atoms with Gasteiger partial charge in [0, 0.05) is 35.1 Å². The van der Waals surface area contributed by atoms with Crippen molar-refractivity contribution in [3.05, 3.63) is 89.2 Å². The van der Waals surface area contributed by atoms with Crippen molar-refractivity contribution in [2.24, 2.45) is 5.73 Å². The molecular weight excluding hydrogens is 346 g/mol. The maximum Gasteiger partial charge on any atom is 0.248 e. The van der Waals surface area contributed by atoms with E-state index >= 15 is 0 Å². The molecule has 5 heteroatoms. The number of nitrogens with two attached hydrogens (primary N) is 1. The Balaban J connectivity index is 1.62. The zero-order valence-electron chi connectivity index (χ0n) is 14.0. The van der Waals surface area contributed by atoms with Crippen molar-refractivity contribution in [2.75, 3.05) is 5.32 Å². The van der Waals surface area contributed by atoms with Crippen molar-refractivity contribution >= 4 is 29.3 Å². The first-order chi connectivity index (χ1) is 12.6. The molecule has 0 radical (unpaired) electrons. The number of nitrogens with one attached hydrogen (secondary N) is 1. The van der Waals surface area contributed by atoms with E-state index in [1.165, 1.54) is 6.08 Å². The summed E-state index contributed by atoms with van der Waals surface area (Å²) >= 11 is 5.90. The third-order valence-corrected chi connectivity index (χ3v) is 4.08. The second kappa shape index (κ2) is 8.43. The van der Waals surface area contributed by atoms with Crippen LogP contribution < -0.4 is 11.1 Å². The lowest BCUT2D eigenvalue weighted by Crippen LogP contribution is -2.08. The number of halogens is 1. The average Bonchev–Trinajstić information content (AvgIpc) is 2.68. The standard InChI is InChI=1S/C21H18ClN3O/c22-18-6-3-16(4-7-18)17-5-10-19(24-14-17)11-12-21(26)25-20-8-1-15(13-23)2-9-20/h1-12,14H,13,23H2,(H,25,26)/b12-11+. The third-order valence-electron chi connectivity index (χ3n) is 3.83. The maximum absolute atomic E-state index is 12.0. The van der Waals surface area contributed by atoms with E-state index in [4.69, 9.17) is 17.3 Å². The van der Waals surface area contributed by atoms with Crippen LogP contribution in [-0.4, -0.2) is 10.9 Å². The Kier molecular flexibility index (Phi) is 5.79. The van der Waals surface area contributed by atoms with Gasteiger partial charge < -0.3 is 11.1 Å². The first-order valence-electron chi connectivity index (χ1n) is 8.14. The van der Waals surface area contributed by atoms with Crippen molar-refractivity contribution in [1.82, 2.24) is 4.98 Å². The van der Waals surface area contributed by atoms with Gasteiger partial charge in [-0.2, -0.15) is 0 Å². The lowest BCUT2D eigenvalue weighted by molar-refractivity contribution is -0.111. The summed E-state index contributed by atoms with van der Waals surface area (Å²) in [4.78, 5) is 16.4. The maximum atomic E-state index is 12.0. The zero-order valence-corrected chi connectivity index (χ0v) is 14.8. The molecule has 2 aromatic carbocycles. The molecule has 1 amide bonds. The van der Waals surface area contributed by atoms with Gasteiger partial charge in [0.15, 0.2) is 0 Å². The van der Waals surface area contributed by atoms with Gasteiger partial charge in [-0.1, -0.05) is 41.9 Å². The fraction of sp³-hybridized carbons (Fsp3) is 0.0476. The molecule has 3 aromatic rings. The molecule has 0 saturated carbocycles. The summed E-state index contributed by atoms with van der Waals surface area (Å²) < 4.78 is 0. The Morgan fingerprint density at radius 2 is 1.69 bits per heavy atom. The van der Waals surface area contributed by atoms with Crippen molar-refractivity contribution in [1.29, 1.82) is 0 Å². The molecule has 0 aliphatic heterocycles. The molecule has 130 valence electrons. The Hall–Kier alpha value is -2.95. The Morgan fingerprint density at radius 1 is 1.00 bits per heavy atom. The van der Waals surface area contributed by atoms with Gasteiger partial charge in [0.1, 0.15) is 0 Å². The number of hydrogen-bond donors (Lipinski definition) is 2. The second-order valence-corrected chi connectivity index (χ2v) is 6.14. The highest BCUT2D eigenvalue weighted by Crippen LogP contribution is 2.21. The quantitative estimate of drug-likeness (QED) is 0.655. The van der Waals surface area contributed by atoms with Crippen LogP contribution >= 0.6 is 11.6 Å².